The molecule has 2 aromatic carbocycles. The normalized spacial score (nSPS) is 18.4. The molecule has 130 valence electrons. The Morgan fingerprint density at radius 1 is 1.00 bits per heavy atom. The number of hydrogen-bond donors (Lipinski definition) is 1. The standard InChI is InChI=1S/C22H26N2O/c23-16-18-5-3-4-17(14-18)15-21(25)24-12-10-22(11-13-24)9-8-19-6-1-2-7-20(19)22/h1-7,14H,8-13,15-16,23H2. The van der Waals surface area contributed by atoms with E-state index in [9.17, 15) is 4.79 Å². The number of rotatable bonds is 3. The number of aryl methyl sites for hydroxylation is 1. The van der Waals surface area contributed by atoms with Crippen LogP contribution >= 0.6 is 0 Å². The molecule has 4 rings (SSSR count). The van der Waals surface area contributed by atoms with Crippen LogP contribution in [0.1, 0.15) is 41.5 Å². The minimum Gasteiger partial charge on any atom is -0.342 e. The molecule has 1 amide bonds. The summed E-state index contributed by atoms with van der Waals surface area (Å²) in [4.78, 5) is 14.8. The van der Waals surface area contributed by atoms with E-state index in [1.165, 1.54) is 24.0 Å². The van der Waals surface area contributed by atoms with Crippen LogP contribution in [-0.4, -0.2) is 23.9 Å². The molecular weight excluding hydrogens is 308 g/mol. The lowest BCUT2D eigenvalue weighted by Gasteiger charge is -2.40. The zero-order chi connectivity index (χ0) is 17.3. The number of nitrogens with two attached hydrogens (primary N) is 1. The van der Waals surface area contributed by atoms with E-state index < -0.39 is 0 Å². The molecule has 2 aromatic rings. The van der Waals surface area contributed by atoms with Crippen LogP contribution in [0.15, 0.2) is 48.5 Å². The highest BCUT2D eigenvalue weighted by Crippen LogP contribution is 2.46. The third kappa shape index (κ3) is 3.09. The van der Waals surface area contributed by atoms with E-state index in [2.05, 4.69) is 35.2 Å². The number of nitrogens with zero attached hydrogens (tertiary/aromatic N) is 1. The molecule has 0 bridgehead atoms. The van der Waals surface area contributed by atoms with E-state index in [0.717, 1.165) is 37.1 Å². The van der Waals surface area contributed by atoms with Crippen LogP contribution in [0, 0.1) is 0 Å². The first-order valence-corrected chi connectivity index (χ1v) is 9.34. The van der Waals surface area contributed by atoms with Gasteiger partial charge in [0.25, 0.3) is 0 Å². The van der Waals surface area contributed by atoms with Crippen molar-refractivity contribution in [3.63, 3.8) is 0 Å². The van der Waals surface area contributed by atoms with Gasteiger partial charge in [0.15, 0.2) is 0 Å². The first-order valence-electron chi connectivity index (χ1n) is 9.34. The van der Waals surface area contributed by atoms with Gasteiger partial charge in [-0.05, 0) is 53.4 Å². The van der Waals surface area contributed by atoms with Crippen LogP contribution in [0.25, 0.3) is 0 Å². The van der Waals surface area contributed by atoms with Crippen molar-refractivity contribution < 1.29 is 4.79 Å². The van der Waals surface area contributed by atoms with Crippen molar-refractivity contribution in [3.8, 4) is 0 Å². The van der Waals surface area contributed by atoms with Gasteiger partial charge in [0.05, 0.1) is 6.42 Å². The summed E-state index contributed by atoms with van der Waals surface area (Å²) in [5.74, 6) is 0.246. The highest BCUT2D eigenvalue weighted by atomic mass is 16.2. The minimum atomic E-state index is 0.246. The van der Waals surface area contributed by atoms with Crippen LogP contribution in [0.4, 0.5) is 0 Å². The minimum absolute atomic E-state index is 0.246. The Labute approximate surface area is 149 Å². The molecule has 2 aliphatic rings. The lowest BCUT2D eigenvalue weighted by Crippen LogP contribution is -2.44. The third-order valence-electron chi connectivity index (χ3n) is 6.12. The molecule has 0 radical (unpaired) electrons. The topological polar surface area (TPSA) is 46.3 Å². The van der Waals surface area contributed by atoms with Gasteiger partial charge in [-0.25, -0.2) is 0 Å². The van der Waals surface area contributed by atoms with Gasteiger partial charge in [-0.1, -0.05) is 48.5 Å². The van der Waals surface area contributed by atoms with E-state index in [-0.39, 0.29) is 5.91 Å². The SMILES string of the molecule is NCc1cccc(CC(=O)N2CCC3(CCc4ccccc43)CC2)c1. The van der Waals surface area contributed by atoms with Gasteiger partial charge in [0, 0.05) is 19.6 Å². The van der Waals surface area contributed by atoms with E-state index in [1.54, 1.807) is 0 Å². The van der Waals surface area contributed by atoms with Gasteiger partial charge < -0.3 is 10.6 Å². The van der Waals surface area contributed by atoms with E-state index in [0.29, 0.717) is 18.4 Å². The fourth-order valence-electron chi connectivity index (χ4n) is 4.62. The number of fused-ring (bicyclic) bond motifs is 2. The van der Waals surface area contributed by atoms with Crippen molar-refractivity contribution in [2.45, 2.75) is 44.1 Å². The van der Waals surface area contributed by atoms with Gasteiger partial charge in [-0.3, -0.25) is 4.79 Å². The highest BCUT2D eigenvalue weighted by molar-refractivity contribution is 5.79. The van der Waals surface area contributed by atoms with Crippen molar-refractivity contribution in [1.29, 1.82) is 0 Å². The lowest BCUT2D eigenvalue weighted by atomic mass is 9.74. The summed E-state index contributed by atoms with van der Waals surface area (Å²) in [7, 11) is 0. The van der Waals surface area contributed by atoms with Gasteiger partial charge >= 0.3 is 0 Å². The molecule has 1 aliphatic heterocycles. The Hall–Kier alpha value is -2.13. The Morgan fingerprint density at radius 3 is 2.56 bits per heavy atom. The zero-order valence-electron chi connectivity index (χ0n) is 14.7. The number of likely N-dealkylation sites (tertiary alicyclic amines) is 1. The monoisotopic (exact) mass is 334 g/mol. The quantitative estimate of drug-likeness (QED) is 0.937. The van der Waals surface area contributed by atoms with Gasteiger partial charge in [-0.15, -0.1) is 0 Å². The third-order valence-corrected chi connectivity index (χ3v) is 6.12. The summed E-state index contributed by atoms with van der Waals surface area (Å²) in [6, 6.07) is 17.0. The van der Waals surface area contributed by atoms with Gasteiger partial charge in [-0.2, -0.15) is 0 Å². The zero-order valence-corrected chi connectivity index (χ0v) is 14.7. The largest absolute Gasteiger partial charge is 0.342 e. The summed E-state index contributed by atoms with van der Waals surface area (Å²) < 4.78 is 0. The first kappa shape index (κ1) is 16.3. The molecule has 1 heterocycles. The van der Waals surface area contributed by atoms with Gasteiger partial charge in [0.1, 0.15) is 0 Å². The molecule has 0 atom stereocenters. The van der Waals surface area contributed by atoms with Crippen LogP contribution in [0.2, 0.25) is 0 Å². The first-order chi connectivity index (χ1) is 12.2. The summed E-state index contributed by atoms with van der Waals surface area (Å²) in [5.41, 5.74) is 11.2. The van der Waals surface area contributed by atoms with Crippen molar-refractivity contribution in [2.24, 2.45) is 5.73 Å². The predicted molar refractivity (Wildman–Crippen MR) is 100 cm³/mol. The Bertz CT molecular complexity index is 775. The average molecular weight is 334 g/mol. The second kappa shape index (κ2) is 6.64. The smallest absolute Gasteiger partial charge is 0.226 e. The number of piperidine rings is 1. The molecule has 0 unspecified atom stereocenters. The second-order valence-corrected chi connectivity index (χ2v) is 7.52. The molecule has 2 N–H and O–H groups in total. The highest BCUT2D eigenvalue weighted by Gasteiger charge is 2.41. The Balaban J connectivity index is 1.41. The molecule has 25 heavy (non-hydrogen) atoms. The van der Waals surface area contributed by atoms with E-state index in [1.807, 2.05) is 18.2 Å². The van der Waals surface area contributed by atoms with E-state index in [4.69, 9.17) is 5.73 Å². The van der Waals surface area contributed by atoms with Gasteiger partial charge in [0.2, 0.25) is 5.91 Å². The summed E-state index contributed by atoms with van der Waals surface area (Å²) in [6.45, 7) is 2.28. The number of amides is 1. The van der Waals surface area contributed by atoms with Crippen molar-refractivity contribution in [1.82, 2.24) is 4.90 Å². The number of benzene rings is 2. The Kier molecular flexibility index (Phi) is 4.34. The summed E-state index contributed by atoms with van der Waals surface area (Å²) in [5, 5.41) is 0. The maximum Gasteiger partial charge on any atom is 0.226 e. The van der Waals surface area contributed by atoms with E-state index >= 15 is 0 Å². The maximum atomic E-state index is 12.7. The van der Waals surface area contributed by atoms with Crippen LogP contribution in [-0.2, 0) is 29.6 Å². The summed E-state index contributed by atoms with van der Waals surface area (Å²) >= 11 is 0. The number of hydrogen-bond acceptors (Lipinski definition) is 2. The summed E-state index contributed by atoms with van der Waals surface area (Å²) in [6.07, 6.45) is 5.11. The molecule has 3 nitrogen and oxygen atoms in total. The average Bonchev–Trinajstić information content (AvgIpc) is 3.01. The maximum absolute atomic E-state index is 12.7. The second-order valence-electron chi connectivity index (χ2n) is 7.52. The molecule has 1 spiro atoms. The lowest BCUT2D eigenvalue weighted by molar-refractivity contribution is -0.132. The predicted octanol–water partition coefficient (Wildman–Crippen LogP) is 3.19. The fraction of sp³-hybridized carbons (Fsp3) is 0.409. The number of carbonyl (C=O) groups excluding carboxylic acids is 1. The van der Waals surface area contributed by atoms with Crippen molar-refractivity contribution >= 4 is 5.91 Å². The molecular formula is C22H26N2O. The molecule has 1 saturated heterocycles. The molecule has 1 aliphatic carbocycles. The molecule has 3 heteroatoms. The fourth-order valence-corrected chi connectivity index (χ4v) is 4.62. The molecule has 1 fully saturated rings. The molecule has 0 saturated carbocycles. The molecule has 0 aromatic heterocycles. The Morgan fingerprint density at radius 2 is 1.76 bits per heavy atom. The van der Waals surface area contributed by atoms with Crippen LogP contribution in [0.3, 0.4) is 0 Å². The van der Waals surface area contributed by atoms with Crippen molar-refractivity contribution in [3.05, 3.63) is 70.8 Å². The van der Waals surface area contributed by atoms with Crippen LogP contribution in [0.5, 0.6) is 0 Å². The van der Waals surface area contributed by atoms with Crippen molar-refractivity contribution in [2.75, 3.05) is 13.1 Å². The number of carbonyl (C=O) groups is 1. The van der Waals surface area contributed by atoms with Crippen LogP contribution < -0.4 is 5.73 Å².